The van der Waals surface area contributed by atoms with Gasteiger partial charge in [-0.05, 0) is 18.2 Å². The van der Waals surface area contributed by atoms with Crippen LogP contribution in [0, 0.1) is 11.9 Å². The molecule has 0 spiro atoms. The molecule has 0 atom stereocenters. The van der Waals surface area contributed by atoms with E-state index in [0.29, 0.717) is 11.6 Å². The second kappa shape index (κ2) is 8.75. The van der Waals surface area contributed by atoms with Crippen LogP contribution in [0.3, 0.4) is 0 Å². The van der Waals surface area contributed by atoms with Gasteiger partial charge >= 0.3 is 23.1 Å². The van der Waals surface area contributed by atoms with Crippen LogP contribution in [0.2, 0.25) is 5.02 Å². The Labute approximate surface area is 137 Å². The Morgan fingerprint density at radius 2 is 2.06 bits per heavy atom. The third-order valence-electron chi connectivity index (χ3n) is 2.06. The summed E-state index contributed by atoms with van der Waals surface area (Å²) in [6.45, 7) is 0.315. The Kier molecular flexibility index (Phi) is 8.60. The molecule has 5 heteroatoms. The van der Waals surface area contributed by atoms with Gasteiger partial charge in [0.15, 0.2) is 11.6 Å². The minimum absolute atomic E-state index is 0. The van der Waals surface area contributed by atoms with Crippen LogP contribution in [0.1, 0.15) is 5.56 Å². The molecule has 0 aromatic heterocycles. The van der Waals surface area contributed by atoms with E-state index in [-0.39, 0.29) is 45.8 Å². The maximum Gasteiger partial charge on any atom is 2.00 e. The van der Waals surface area contributed by atoms with Crippen molar-refractivity contribution in [3.05, 3.63) is 64.9 Å². The van der Waals surface area contributed by atoms with Gasteiger partial charge in [-0.2, -0.15) is 30.3 Å². The molecule has 2 aromatic rings. The molecule has 0 aliphatic carbocycles. The quantitative estimate of drug-likeness (QED) is 0.584. The molecular formula is C13H9BrClFMgO. The van der Waals surface area contributed by atoms with Crippen LogP contribution < -0.4 is 21.7 Å². The van der Waals surface area contributed by atoms with Crippen molar-refractivity contribution in [2.75, 3.05) is 0 Å². The van der Waals surface area contributed by atoms with Gasteiger partial charge in [0.25, 0.3) is 0 Å². The fourth-order valence-corrected chi connectivity index (χ4v) is 1.43. The standard InChI is InChI=1S/C13H9ClFO.BrH.Mg/c14-11-6-7-13(12(15)8-11)16-9-10-4-2-1-3-5-10;;/h1-2,4-8H,9H2;1H;/q-1;;+2/p-1. The number of ether oxygens (including phenoxy) is 1. The zero-order valence-electron chi connectivity index (χ0n) is 9.50. The van der Waals surface area contributed by atoms with Gasteiger partial charge < -0.3 is 21.7 Å². The summed E-state index contributed by atoms with van der Waals surface area (Å²) in [4.78, 5) is 0. The SMILES string of the molecule is Fc1cc(Cl)ccc1OCc1c[c-]ccc1.[Br-].[Mg+2]. The molecule has 0 amide bonds. The van der Waals surface area contributed by atoms with E-state index in [1.165, 1.54) is 12.1 Å². The summed E-state index contributed by atoms with van der Waals surface area (Å²) in [5.74, 6) is -0.249. The summed E-state index contributed by atoms with van der Waals surface area (Å²) in [5.41, 5.74) is 0.942. The molecule has 2 rings (SSSR count). The van der Waals surface area contributed by atoms with E-state index in [4.69, 9.17) is 16.3 Å². The van der Waals surface area contributed by atoms with Crippen molar-refractivity contribution in [2.24, 2.45) is 0 Å². The largest absolute Gasteiger partial charge is 2.00 e. The Morgan fingerprint density at radius 3 is 2.67 bits per heavy atom. The molecule has 0 aliphatic heterocycles. The monoisotopic (exact) mass is 338 g/mol. The normalized spacial score (nSPS) is 9.00. The first-order valence-electron chi connectivity index (χ1n) is 4.78. The van der Waals surface area contributed by atoms with Crippen LogP contribution in [-0.4, -0.2) is 23.1 Å². The number of hydrogen-bond donors (Lipinski definition) is 0. The van der Waals surface area contributed by atoms with Crippen molar-refractivity contribution in [3.8, 4) is 5.75 Å². The maximum absolute atomic E-state index is 13.3. The van der Waals surface area contributed by atoms with Crippen molar-refractivity contribution >= 4 is 34.7 Å². The van der Waals surface area contributed by atoms with E-state index in [0.717, 1.165) is 5.56 Å². The number of rotatable bonds is 3. The van der Waals surface area contributed by atoms with Gasteiger partial charge in [0.2, 0.25) is 0 Å². The Hall–Kier alpha value is -0.294. The van der Waals surface area contributed by atoms with Gasteiger partial charge in [0.1, 0.15) is 0 Å². The van der Waals surface area contributed by atoms with Crippen LogP contribution in [0.5, 0.6) is 5.75 Å². The molecule has 0 N–H and O–H groups in total. The molecule has 90 valence electrons. The summed E-state index contributed by atoms with van der Waals surface area (Å²) in [6, 6.07) is 14.6. The van der Waals surface area contributed by atoms with Crippen LogP contribution >= 0.6 is 11.6 Å². The molecule has 0 heterocycles. The van der Waals surface area contributed by atoms with Crippen molar-refractivity contribution < 1.29 is 26.1 Å². The van der Waals surface area contributed by atoms with E-state index >= 15 is 0 Å². The first-order valence-corrected chi connectivity index (χ1v) is 5.16. The van der Waals surface area contributed by atoms with Gasteiger partial charge in [0, 0.05) is 5.02 Å². The van der Waals surface area contributed by atoms with E-state index < -0.39 is 5.82 Å². The molecule has 0 radical (unpaired) electrons. The van der Waals surface area contributed by atoms with Gasteiger partial charge in [-0.15, -0.1) is 5.56 Å². The minimum Gasteiger partial charge on any atom is -1.00 e. The van der Waals surface area contributed by atoms with Crippen molar-refractivity contribution in [1.82, 2.24) is 0 Å². The maximum atomic E-state index is 13.3. The Bertz CT molecular complexity index is 482. The first kappa shape index (κ1) is 17.7. The van der Waals surface area contributed by atoms with Gasteiger partial charge in [-0.25, -0.2) is 4.39 Å². The van der Waals surface area contributed by atoms with E-state index in [9.17, 15) is 4.39 Å². The zero-order chi connectivity index (χ0) is 11.4. The summed E-state index contributed by atoms with van der Waals surface area (Å²) in [7, 11) is 0. The molecule has 0 unspecified atom stereocenters. The zero-order valence-corrected chi connectivity index (χ0v) is 13.3. The number of hydrogen-bond acceptors (Lipinski definition) is 1. The summed E-state index contributed by atoms with van der Waals surface area (Å²) in [6.07, 6.45) is 0. The molecule has 0 saturated carbocycles. The van der Waals surface area contributed by atoms with Crippen LogP contribution in [0.25, 0.3) is 0 Å². The van der Waals surface area contributed by atoms with Crippen molar-refractivity contribution in [1.29, 1.82) is 0 Å². The third-order valence-corrected chi connectivity index (χ3v) is 2.29. The van der Waals surface area contributed by atoms with E-state index in [2.05, 4.69) is 6.07 Å². The summed E-state index contributed by atoms with van der Waals surface area (Å²) in [5, 5.41) is 0.359. The second-order valence-corrected chi connectivity index (χ2v) is 3.71. The molecular weight excluding hydrogens is 331 g/mol. The molecule has 18 heavy (non-hydrogen) atoms. The molecule has 0 bridgehead atoms. The molecule has 0 aliphatic rings. The minimum atomic E-state index is -0.451. The van der Waals surface area contributed by atoms with E-state index in [1.807, 2.05) is 12.1 Å². The molecule has 0 saturated heterocycles. The first-order chi connectivity index (χ1) is 7.75. The van der Waals surface area contributed by atoms with Crippen molar-refractivity contribution in [2.45, 2.75) is 6.61 Å². The fraction of sp³-hybridized carbons (Fsp3) is 0.0769. The van der Waals surface area contributed by atoms with E-state index in [1.54, 1.807) is 18.2 Å². The average molecular weight is 340 g/mol. The van der Waals surface area contributed by atoms with Gasteiger partial charge in [0.05, 0.1) is 6.61 Å². The number of halogens is 3. The summed E-state index contributed by atoms with van der Waals surface area (Å²) >= 11 is 5.63. The predicted molar refractivity (Wildman–Crippen MR) is 66.8 cm³/mol. The third kappa shape index (κ3) is 5.14. The number of benzene rings is 2. The molecule has 2 aromatic carbocycles. The predicted octanol–water partition coefficient (Wildman–Crippen LogP) is 0.481. The topological polar surface area (TPSA) is 9.23 Å². The van der Waals surface area contributed by atoms with Crippen molar-refractivity contribution in [3.63, 3.8) is 0 Å². The van der Waals surface area contributed by atoms with Gasteiger partial charge in [-0.1, -0.05) is 11.6 Å². The Morgan fingerprint density at radius 1 is 1.28 bits per heavy atom. The van der Waals surface area contributed by atoms with Crippen LogP contribution in [0.15, 0.2) is 42.5 Å². The smallest absolute Gasteiger partial charge is 1.00 e. The van der Waals surface area contributed by atoms with Crippen LogP contribution in [-0.2, 0) is 6.61 Å². The van der Waals surface area contributed by atoms with Crippen LogP contribution in [0.4, 0.5) is 4.39 Å². The summed E-state index contributed by atoms with van der Waals surface area (Å²) < 4.78 is 18.7. The molecule has 0 fully saturated rings. The molecule has 1 nitrogen and oxygen atoms in total. The second-order valence-electron chi connectivity index (χ2n) is 3.28. The fourth-order valence-electron chi connectivity index (χ4n) is 1.27. The van der Waals surface area contributed by atoms with Gasteiger partial charge in [-0.3, -0.25) is 0 Å². The average Bonchev–Trinajstić information content (AvgIpc) is 2.29. The Balaban J connectivity index is 0.00000144.